The van der Waals surface area contributed by atoms with Crippen molar-refractivity contribution >= 4 is 0 Å². The number of halogens is 33. The number of alkyl halides is 33. The summed E-state index contributed by atoms with van der Waals surface area (Å²) >= 11 is 0. The second-order valence-corrected chi connectivity index (χ2v) is 12.6. The van der Waals surface area contributed by atoms with E-state index in [-0.39, 0.29) is 0 Å². The summed E-state index contributed by atoms with van der Waals surface area (Å²) in [5.41, 5.74) is 0. The predicted molar refractivity (Wildman–Crippen MR) is 114 cm³/mol. The summed E-state index contributed by atoms with van der Waals surface area (Å²) in [6.07, 6.45) is -14.9. The monoisotopic (exact) mass is 936 g/mol. The van der Waals surface area contributed by atoms with Crippen molar-refractivity contribution in [3.63, 3.8) is 0 Å². The largest absolute Gasteiger partial charge is 0.460 e. The van der Waals surface area contributed by atoms with E-state index in [0.717, 1.165) is 21.1 Å². The van der Waals surface area contributed by atoms with Gasteiger partial charge in [0.1, 0.15) is 12.6 Å². The highest BCUT2D eigenvalue weighted by Crippen LogP contribution is 2.70. The maximum Gasteiger partial charge on any atom is 0.460 e. The third-order valence-corrected chi connectivity index (χ3v) is 7.19. The lowest BCUT2D eigenvalue weighted by molar-refractivity contribution is -0.873. The number of likely N-dealkylation sites (N-methyl/N-ethyl adjacent to an activating group) is 1. The number of nitrogens with zero attached hydrogens (tertiary/aromatic N) is 1. The minimum Gasteiger partial charge on any atom is -0.387 e. The topological polar surface area (TPSA) is 20.2 Å². The molecule has 0 aliphatic rings. The Morgan fingerprint density at radius 1 is 0.298 bits per heavy atom. The van der Waals surface area contributed by atoms with Crippen molar-refractivity contribution in [1.29, 1.82) is 0 Å². The van der Waals surface area contributed by atoms with Gasteiger partial charge in [-0.2, -0.15) is 145 Å². The molecule has 0 aliphatic carbocycles. The number of aliphatic hydroxyl groups is 1. The third-order valence-electron chi connectivity index (χ3n) is 7.19. The van der Waals surface area contributed by atoms with E-state index in [1.165, 1.54) is 0 Å². The van der Waals surface area contributed by atoms with E-state index in [1.807, 2.05) is 0 Å². The lowest BCUT2D eigenvalue weighted by atomic mass is 9.82. The molecule has 0 aromatic rings. The molecule has 0 heterocycles. The van der Waals surface area contributed by atoms with Gasteiger partial charge in [0.2, 0.25) is 0 Å². The molecule has 57 heavy (non-hydrogen) atoms. The minimum atomic E-state index is -10.2. The van der Waals surface area contributed by atoms with Gasteiger partial charge in [0.05, 0.1) is 21.1 Å². The molecule has 0 fully saturated rings. The summed E-state index contributed by atoms with van der Waals surface area (Å²) in [4.78, 5) is 0. The maximum absolute atomic E-state index is 14.0. The molecule has 0 saturated carbocycles. The number of hydrogen-bond acceptors (Lipinski definition) is 1. The molecule has 1 atom stereocenters. The molecule has 1 unspecified atom stereocenters. The van der Waals surface area contributed by atoms with Gasteiger partial charge in [-0.05, 0) is 0 Å². The molecular formula is C22H15F33NO+. The molecule has 0 saturated heterocycles. The third kappa shape index (κ3) is 7.02. The molecule has 35 heteroatoms. The zero-order valence-electron chi connectivity index (χ0n) is 26.4. The fraction of sp³-hybridized carbons (Fsp3) is 1.00. The van der Waals surface area contributed by atoms with E-state index >= 15 is 0 Å². The number of aliphatic hydroxyl groups excluding tert-OH is 1. The van der Waals surface area contributed by atoms with Gasteiger partial charge < -0.3 is 9.59 Å². The van der Waals surface area contributed by atoms with Crippen molar-refractivity contribution in [3.8, 4) is 0 Å². The molecule has 0 aromatic heterocycles. The summed E-state index contributed by atoms with van der Waals surface area (Å²) in [7, 11) is 2.58. The molecule has 1 N–H and O–H groups in total. The van der Waals surface area contributed by atoms with Crippen molar-refractivity contribution in [2.75, 3.05) is 27.7 Å². The quantitative estimate of drug-likeness (QED) is 0.107. The minimum absolute atomic E-state index is 0.862. The summed E-state index contributed by atoms with van der Waals surface area (Å²) < 4.78 is 449. The van der Waals surface area contributed by atoms with Crippen LogP contribution in [0.5, 0.6) is 0 Å². The average molecular weight is 936 g/mol. The van der Waals surface area contributed by atoms with Crippen LogP contribution in [0.25, 0.3) is 0 Å². The molecule has 0 aromatic carbocycles. The van der Waals surface area contributed by atoms with Crippen molar-refractivity contribution in [2.45, 2.75) is 108 Å². The van der Waals surface area contributed by atoms with Crippen molar-refractivity contribution < 1.29 is 154 Å². The van der Waals surface area contributed by atoms with Gasteiger partial charge in [-0.25, -0.2) is 0 Å². The van der Waals surface area contributed by atoms with Crippen LogP contribution in [0, 0.1) is 0 Å². The highest BCUT2D eigenvalue weighted by atomic mass is 19.4. The highest BCUT2D eigenvalue weighted by molar-refractivity contribution is 5.22. The Kier molecular flexibility index (Phi) is 13.0. The second-order valence-electron chi connectivity index (χ2n) is 12.6. The first-order chi connectivity index (χ1) is 23.9. The zero-order chi connectivity index (χ0) is 47.5. The van der Waals surface area contributed by atoms with Gasteiger partial charge in [0.25, 0.3) is 0 Å². The zero-order valence-corrected chi connectivity index (χ0v) is 26.4. The molecule has 0 spiro atoms. The Balaban J connectivity index is 7.65. The van der Waals surface area contributed by atoms with Crippen molar-refractivity contribution in [2.24, 2.45) is 0 Å². The Bertz CT molecular complexity index is 1430. The molecule has 2 nitrogen and oxygen atoms in total. The van der Waals surface area contributed by atoms with E-state index in [2.05, 4.69) is 0 Å². The Labute approximate surface area is 291 Å². The highest BCUT2D eigenvalue weighted by Gasteiger charge is 3.01. The van der Waals surface area contributed by atoms with Crippen LogP contribution >= 0.6 is 0 Å². The Morgan fingerprint density at radius 3 is 0.614 bits per heavy atom. The fourth-order valence-corrected chi connectivity index (χ4v) is 3.89. The first-order valence-electron chi connectivity index (χ1n) is 13.1. The molecule has 0 amide bonds. The van der Waals surface area contributed by atoms with Gasteiger partial charge in [-0.3, -0.25) is 0 Å². The van der Waals surface area contributed by atoms with Crippen LogP contribution in [0.4, 0.5) is 145 Å². The molecule has 0 rings (SSSR count). The average Bonchev–Trinajstić information content (AvgIpc) is 2.93. The summed E-state index contributed by atoms with van der Waals surface area (Å²) in [6.45, 7) is -1.33. The summed E-state index contributed by atoms with van der Waals surface area (Å²) in [5.74, 6) is -143. The fourth-order valence-electron chi connectivity index (χ4n) is 3.89. The van der Waals surface area contributed by atoms with E-state index < -0.39 is 119 Å². The van der Waals surface area contributed by atoms with Crippen molar-refractivity contribution in [3.05, 3.63) is 0 Å². The van der Waals surface area contributed by atoms with Crippen LogP contribution in [0.15, 0.2) is 0 Å². The first kappa shape index (κ1) is 54.6. The lowest BCUT2D eigenvalue weighted by Gasteiger charge is -2.47. The Morgan fingerprint density at radius 2 is 0.456 bits per heavy atom. The molecule has 0 radical (unpaired) electrons. The van der Waals surface area contributed by atoms with Gasteiger partial charge in [-0.15, -0.1) is 0 Å². The smallest absolute Gasteiger partial charge is 0.387 e. The van der Waals surface area contributed by atoms with Gasteiger partial charge >= 0.3 is 95.0 Å². The van der Waals surface area contributed by atoms with Gasteiger partial charge in [0.15, 0.2) is 0 Å². The summed E-state index contributed by atoms with van der Waals surface area (Å²) in [6, 6.07) is 0. The van der Waals surface area contributed by atoms with Crippen LogP contribution in [-0.2, 0) is 0 Å². The predicted octanol–water partition coefficient (Wildman–Crippen LogP) is 10.5. The summed E-state index contributed by atoms with van der Waals surface area (Å²) in [5, 5.41) is 9.34. The van der Waals surface area contributed by atoms with E-state index in [4.69, 9.17) is 0 Å². The number of hydrogen-bond donors (Lipinski definition) is 1. The van der Waals surface area contributed by atoms with Crippen molar-refractivity contribution in [1.82, 2.24) is 0 Å². The molecule has 0 aliphatic heterocycles. The van der Waals surface area contributed by atoms with Crippen LogP contribution in [0.2, 0.25) is 0 Å². The van der Waals surface area contributed by atoms with Crippen LogP contribution in [-0.4, -0.2) is 138 Å². The normalized spacial score (nSPS) is 17.6. The van der Waals surface area contributed by atoms with Crippen LogP contribution in [0.1, 0.15) is 6.42 Å². The van der Waals surface area contributed by atoms with E-state index in [9.17, 15) is 150 Å². The standard InChI is InChI=1S/C22H15F33NO/c1-56(2,3)5-6(57)4-7(23,24)8(25,26)9(27,28)10(29,30)11(31,32)12(33,34)13(35,36)14(37,38)15(39,40)16(41,42)17(43,44)18(45,46)19(47,48)20(49,50)21(51,52)22(53,54)55/h6,57H,4-5H2,1-3H3/q+1. The molecule has 344 valence electrons. The first-order valence-corrected chi connectivity index (χ1v) is 13.1. The molecular weight excluding hydrogens is 921 g/mol. The van der Waals surface area contributed by atoms with Gasteiger partial charge in [0, 0.05) is 6.42 Å². The van der Waals surface area contributed by atoms with Gasteiger partial charge in [-0.1, -0.05) is 0 Å². The van der Waals surface area contributed by atoms with E-state index in [1.54, 1.807) is 0 Å². The van der Waals surface area contributed by atoms with E-state index in [0.29, 0.717) is 0 Å². The second kappa shape index (κ2) is 13.6. The van der Waals surface area contributed by atoms with Crippen LogP contribution < -0.4 is 0 Å². The number of quaternary nitrogens is 1. The lowest BCUT2D eigenvalue weighted by Crippen LogP contribution is -2.80. The number of rotatable bonds is 18. The SMILES string of the molecule is C[N+](C)(C)CC(O)CC(F)(F)C(F)(F)C(F)(F)C(F)(F)C(F)(F)C(F)(F)C(F)(F)C(F)(F)C(F)(F)C(F)(F)C(F)(F)C(F)(F)C(F)(F)C(F)(F)C(F)(F)C(F)(F)F. The Hall–Kier alpha value is -2.39. The van der Waals surface area contributed by atoms with Crippen LogP contribution in [0.3, 0.4) is 0 Å². The maximum atomic E-state index is 14.0. The molecule has 0 bridgehead atoms.